The van der Waals surface area contributed by atoms with E-state index in [1.165, 1.54) is 17.8 Å². The zero-order valence-corrected chi connectivity index (χ0v) is 20.8. The third-order valence-corrected chi connectivity index (χ3v) is 6.29. The summed E-state index contributed by atoms with van der Waals surface area (Å²) in [7, 11) is 0. The predicted octanol–water partition coefficient (Wildman–Crippen LogP) is 6.29. The lowest BCUT2D eigenvalue weighted by atomic mass is 10.2. The number of aliphatic imine (C=N–C) groups is 1. The van der Waals surface area contributed by atoms with Gasteiger partial charge in [0.25, 0.3) is 5.69 Å². The van der Waals surface area contributed by atoms with Crippen molar-refractivity contribution in [2.24, 2.45) is 4.99 Å². The minimum absolute atomic E-state index is 0.0405. The van der Waals surface area contributed by atoms with Crippen molar-refractivity contribution in [3.05, 3.63) is 90.9 Å². The molecule has 9 heteroatoms. The van der Waals surface area contributed by atoms with Crippen LogP contribution < -0.4 is 9.64 Å². The fraction of sp³-hybridized carbons (Fsp3) is 0.208. The lowest BCUT2D eigenvalue weighted by Crippen LogP contribution is -2.36. The van der Waals surface area contributed by atoms with Crippen LogP contribution in [0, 0.1) is 10.1 Å². The maximum Gasteiger partial charge on any atom is 0.269 e. The number of nitro groups is 1. The number of nitrogens with zero attached hydrogens (tertiary/aromatic N) is 3. The molecule has 3 aromatic carbocycles. The maximum absolute atomic E-state index is 11.0. The molecule has 0 saturated carbocycles. The number of benzene rings is 3. The summed E-state index contributed by atoms with van der Waals surface area (Å²) < 4.78 is 12.8. The normalized spacial score (nSPS) is 13.9. The van der Waals surface area contributed by atoms with E-state index in [0.29, 0.717) is 11.3 Å². The third kappa shape index (κ3) is 6.19. The van der Waals surface area contributed by atoms with E-state index < -0.39 is 4.92 Å². The van der Waals surface area contributed by atoms with Crippen molar-refractivity contribution in [3.63, 3.8) is 0 Å². The summed E-state index contributed by atoms with van der Waals surface area (Å²) in [6.45, 7) is 3.53. The van der Waals surface area contributed by atoms with Crippen molar-refractivity contribution in [1.29, 1.82) is 0 Å². The quantitative estimate of drug-likeness (QED) is 0.188. The number of halogens is 2. The SMILES string of the molecule is O=[N+]([O-])c1cccc(COc2c(Br)cc(C=Nc3ccc(N4CCOCC4)cc3)cc2Br)c1. The van der Waals surface area contributed by atoms with Gasteiger partial charge in [-0.3, -0.25) is 15.1 Å². The van der Waals surface area contributed by atoms with Gasteiger partial charge in [0.15, 0.2) is 0 Å². The molecule has 3 aromatic rings. The molecule has 0 radical (unpaired) electrons. The van der Waals surface area contributed by atoms with Gasteiger partial charge in [0, 0.05) is 37.1 Å². The number of anilines is 1. The Labute approximate surface area is 208 Å². The highest BCUT2D eigenvalue weighted by molar-refractivity contribution is 9.11. The molecule has 1 aliphatic heterocycles. The lowest BCUT2D eigenvalue weighted by Gasteiger charge is -2.28. The van der Waals surface area contributed by atoms with Crippen LogP contribution in [0.1, 0.15) is 11.1 Å². The summed E-state index contributed by atoms with van der Waals surface area (Å²) in [5.41, 5.74) is 3.69. The molecule has 0 unspecified atom stereocenters. The van der Waals surface area contributed by atoms with Crippen molar-refractivity contribution in [3.8, 4) is 5.75 Å². The highest BCUT2D eigenvalue weighted by Crippen LogP contribution is 2.35. The summed E-state index contributed by atoms with van der Waals surface area (Å²) in [6.07, 6.45) is 1.80. The minimum atomic E-state index is -0.417. The Hall–Kier alpha value is -2.75. The number of hydrogen-bond donors (Lipinski definition) is 0. The molecule has 0 spiro atoms. The van der Waals surface area contributed by atoms with Crippen LogP contribution in [0.5, 0.6) is 5.75 Å². The molecule has 33 heavy (non-hydrogen) atoms. The molecule has 4 rings (SSSR count). The van der Waals surface area contributed by atoms with Crippen LogP contribution in [0.3, 0.4) is 0 Å². The van der Waals surface area contributed by atoms with Crippen LogP contribution in [0.4, 0.5) is 17.1 Å². The first kappa shape index (κ1) is 23.4. The number of nitro benzene ring substituents is 1. The lowest BCUT2D eigenvalue weighted by molar-refractivity contribution is -0.384. The Morgan fingerprint density at radius 2 is 1.76 bits per heavy atom. The summed E-state index contributed by atoms with van der Waals surface area (Å²) in [4.78, 5) is 17.4. The second-order valence-corrected chi connectivity index (χ2v) is 9.11. The first-order chi connectivity index (χ1) is 16.0. The van der Waals surface area contributed by atoms with E-state index in [4.69, 9.17) is 9.47 Å². The van der Waals surface area contributed by atoms with Crippen LogP contribution in [0.25, 0.3) is 0 Å². The molecule has 1 aliphatic rings. The van der Waals surface area contributed by atoms with E-state index in [0.717, 1.165) is 46.5 Å². The third-order valence-electron chi connectivity index (χ3n) is 5.11. The van der Waals surface area contributed by atoms with Gasteiger partial charge in [-0.1, -0.05) is 12.1 Å². The van der Waals surface area contributed by atoms with Gasteiger partial charge in [-0.25, -0.2) is 0 Å². The van der Waals surface area contributed by atoms with Gasteiger partial charge in [-0.2, -0.15) is 0 Å². The van der Waals surface area contributed by atoms with Crippen LogP contribution >= 0.6 is 31.9 Å². The van der Waals surface area contributed by atoms with Gasteiger partial charge in [0.05, 0.1) is 32.8 Å². The van der Waals surface area contributed by atoms with Crippen molar-refractivity contribution >= 4 is 55.1 Å². The van der Waals surface area contributed by atoms with Crippen molar-refractivity contribution in [2.45, 2.75) is 6.61 Å². The summed E-state index contributed by atoms with van der Waals surface area (Å²) >= 11 is 7.10. The van der Waals surface area contributed by atoms with E-state index in [-0.39, 0.29) is 12.3 Å². The monoisotopic (exact) mass is 573 g/mol. The van der Waals surface area contributed by atoms with Gasteiger partial charge in [0.2, 0.25) is 0 Å². The van der Waals surface area contributed by atoms with Crippen molar-refractivity contribution in [1.82, 2.24) is 0 Å². The number of non-ortho nitro benzene ring substituents is 1. The predicted molar refractivity (Wildman–Crippen MR) is 136 cm³/mol. The molecule has 1 fully saturated rings. The molecule has 0 amide bonds. The highest BCUT2D eigenvalue weighted by atomic mass is 79.9. The number of hydrogen-bond acceptors (Lipinski definition) is 6. The Morgan fingerprint density at radius 3 is 2.42 bits per heavy atom. The highest BCUT2D eigenvalue weighted by Gasteiger charge is 2.12. The summed E-state index contributed by atoms with van der Waals surface area (Å²) in [6, 6.07) is 18.4. The smallest absolute Gasteiger partial charge is 0.269 e. The largest absolute Gasteiger partial charge is 0.487 e. The Kier molecular flexibility index (Phi) is 7.74. The molecule has 0 N–H and O–H groups in total. The first-order valence-electron chi connectivity index (χ1n) is 10.3. The molecule has 0 aliphatic carbocycles. The average molecular weight is 575 g/mol. The fourth-order valence-corrected chi connectivity index (χ4v) is 4.88. The fourth-order valence-electron chi connectivity index (χ4n) is 3.43. The Morgan fingerprint density at radius 1 is 1.06 bits per heavy atom. The Bertz CT molecular complexity index is 1140. The van der Waals surface area contributed by atoms with E-state index in [9.17, 15) is 10.1 Å². The van der Waals surface area contributed by atoms with Gasteiger partial charge in [-0.15, -0.1) is 0 Å². The van der Waals surface area contributed by atoms with E-state index in [2.05, 4.69) is 53.9 Å². The number of rotatable bonds is 7. The standard InChI is InChI=1S/C24H21Br2N3O4/c25-22-13-18(15-27-19-4-6-20(7-5-19)28-8-10-32-11-9-28)14-23(26)24(22)33-16-17-2-1-3-21(12-17)29(30)31/h1-7,12-15H,8-11,16H2. The van der Waals surface area contributed by atoms with E-state index in [1.807, 2.05) is 24.3 Å². The van der Waals surface area contributed by atoms with Crippen molar-refractivity contribution in [2.75, 3.05) is 31.2 Å². The molecule has 0 aromatic heterocycles. The van der Waals surface area contributed by atoms with Crippen LogP contribution in [0.15, 0.2) is 74.6 Å². The second-order valence-electron chi connectivity index (χ2n) is 7.40. The summed E-state index contributed by atoms with van der Waals surface area (Å²) in [5.74, 6) is 0.619. The first-order valence-corrected chi connectivity index (χ1v) is 11.9. The zero-order chi connectivity index (χ0) is 23.2. The molecular formula is C24H21Br2N3O4. The second kappa shape index (κ2) is 10.9. The van der Waals surface area contributed by atoms with Crippen LogP contribution in [-0.2, 0) is 11.3 Å². The minimum Gasteiger partial charge on any atom is -0.487 e. The number of morpholine rings is 1. The van der Waals surface area contributed by atoms with Gasteiger partial charge < -0.3 is 14.4 Å². The maximum atomic E-state index is 11.0. The van der Waals surface area contributed by atoms with Crippen LogP contribution in [-0.4, -0.2) is 37.4 Å². The molecule has 1 saturated heterocycles. The average Bonchev–Trinajstić information content (AvgIpc) is 2.83. The number of ether oxygens (including phenoxy) is 2. The van der Waals surface area contributed by atoms with Gasteiger partial charge in [-0.05, 0) is 79.4 Å². The summed E-state index contributed by atoms with van der Waals surface area (Å²) in [5, 5.41) is 11.0. The molecule has 0 atom stereocenters. The molecule has 1 heterocycles. The zero-order valence-electron chi connectivity index (χ0n) is 17.6. The van der Waals surface area contributed by atoms with Gasteiger partial charge >= 0.3 is 0 Å². The van der Waals surface area contributed by atoms with E-state index in [1.54, 1.807) is 18.3 Å². The molecule has 7 nitrogen and oxygen atoms in total. The van der Waals surface area contributed by atoms with Crippen molar-refractivity contribution < 1.29 is 14.4 Å². The van der Waals surface area contributed by atoms with E-state index >= 15 is 0 Å². The molecule has 0 bridgehead atoms. The topological polar surface area (TPSA) is 77.2 Å². The molecular weight excluding hydrogens is 554 g/mol. The van der Waals surface area contributed by atoms with Crippen LogP contribution in [0.2, 0.25) is 0 Å². The van der Waals surface area contributed by atoms with Gasteiger partial charge in [0.1, 0.15) is 12.4 Å². The molecule has 170 valence electrons. The Balaban J connectivity index is 1.42.